The number of carbonyl (C=O) groups excluding carboxylic acids is 1. The van der Waals surface area contributed by atoms with Crippen molar-refractivity contribution in [2.24, 2.45) is 5.16 Å². The predicted octanol–water partition coefficient (Wildman–Crippen LogP) is 2.70. The zero-order valence-electron chi connectivity index (χ0n) is 14.3. The number of likely N-dealkylation sites (N-methyl/N-ethyl adjacent to an activating group) is 1. The van der Waals surface area contributed by atoms with Gasteiger partial charge in [-0.3, -0.25) is 4.79 Å². The minimum Gasteiger partial charge on any atom is -0.399 e. The Labute approximate surface area is 142 Å². The Bertz CT molecular complexity index is 667. The Kier molecular flexibility index (Phi) is 6.51. The minimum atomic E-state index is -0.0898. The quantitative estimate of drug-likeness (QED) is 0.629. The molecule has 0 spiro atoms. The largest absolute Gasteiger partial charge is 0.399 e. The number of nitrogens with zero attached hydrogens (tertiary/aromatic N) is 2. The van der Waals surface area contributed by atoms with Crippen LogP contribution in [0.3, 0.4) is 0 Å². The van der Waals surface area contributed by atoms with Crippen LogP contribution in [0.1, 0.15) is 27.5 Å². The molecule has 1 unspecified atom stereocenters. The lowest BCUT2D eigenvalue weighted by atomic mass is 10.1. The fourth-order valence-electron chi connectivity index (χ4n) is 2.40. The number of hydrogen-bond acceptors (Lipinski definition) is 4. The molecule has 0 heterocycles. The molecule has 0 fully saturated rings. The Hall–Kier alpha value is -2.66. The number of oxime groups is 1. The molecule has 1 N–H and O–H groups in total. The van der Waals surface area contributed by atoms with Crippen molar-refractivity contribution in [1.29, 1.82) is 0 Å². The van der Waals surface area contributed by atoms with Crippen LogP contribution in [0.25, 0.3) is 0 Å². The van der Waals surface area contributed by atoms with E-state index >= 15 is 0 Å². The van der Waals surface area contributed by atoms with E-state index in [-0.39, 0.29) is 11.9 Å². The second kappa shape index (κ2) is 8.84. The number of hydrogen-bond donors (Lipinski definition) is 1. The van der Waals surface area contributed by atoms with Crippen LogP contribution in [-0.4, -0.2) is 44.8 Å². The van der Waals surface area contributed by atoms with Gasteiger partial charge in [0, 0.05) is 12.1 Å². The molecule has 0 bridgehead atoms. The van der Waals surface area contributed by atoms with Crippen molar-refractivity contribution in [2.45, 2.75) is 6.04 Å². The van der Waals surface area contributed by atoms with E-state index in [2.05, 4.69) is 32.3 Å². The summed E-state index contributed by atoms with van der Waals surface area (Å²) in [5.41, 5.74) is 2.67. The molecule has 1 atom stereocenters. The number of carbonyl (C=O) groups is 1. The summed E-state index contributed by atoms with van der Waals surface area (Å²) in [6, 6.07) is 17.5. The standard InChI is InChI=1S/C19H23N3O2/c1-22(2)18(16-7-5-4-6-8-16)14-20-19(23)17-11-9-15(10-12-17)13-21-24-3/h4-13,18H,14H2,1-3H3,(H,20,23)/b21-13+. The third kappa shape index (κ3) is 4.93. The molecule has 0 aliphatic carbocycles. The molecule has 0 aliphatic rings. The van der Waals surface area contributed by atoms with Gasteiger partial charge in [-0.25, -0.2) is 0 Å². The van der Waals surface area contributed by atoms with Gasteiger partial charge in [0.1, 0.15) is 7.11 Å². The molecule has 1 amide bonds. The third-order valence-electron chi connectivity index (χ3n) is 3.74. The molecule has 0 aromatic heterocycles. The van der Waals surface area contributed by atoms with Crippen LogP contribution >= 0.6 is 0 Å². The number of benzene rings is 2. The zero-order chi connectivity index (χ0) is 17.4. The molecule has 0 saturated carbocycles. The molecule has 24 heavy (non-hydrogen) atoms. The fourth-order valence-corrected chi connectivity index (χ4v) is 2.40. The summed E-state index contributed by atoms with van der Waals surface area (Å²) in [4.78, 5) is 19.1. The van der Waals surface area contributed by atoms with Crippen molar-refractivity contribution in [3.05, 3.63) is 71.3 Å². The summed E-state index contributed by atoms with van der Waals surface area (Å²) >= 11 is 0. The summed E-state index contributed by atoms with van der Waals surface area (Å²) in [6.45, 7) is 0.544. The molecule has 5 heteroatoms. The average molecular weight is 325 g/mol. The van der Waals surface area contributed by atoms with Crippen LogP contribution in [0.4, 0.5) is 0 Å². The van der Waals surface area contributed by atoms with Crippen LogP contribution in [0.2, 0.25) is 0 Å². The summed E-state index contributed by atoms with van der Waals surface area (Å²) < 4.78 is 0. The molecule has 2 aromatic rings. The van der Waals surface area contributed by atoms with Crippen LogP contribution in [0.15, 0.2) is 59.8 Å². The highest BCUT2D eigenvalue weighted by Crippen LogP contribution is 2.16. The van der Waals surface area contributed by atoms with Gasteiger partial charge in [0.05, 0.1) is 12.3 Å². The van der Waals surface area contributed by atoms with Gasteiger partial charge in [-0.1, -0.05) is 47.6 Å². The average Bonchev–Trinajstić information content (AvgIpc) is 2.61. The van der Waals surface area contributed by atoms with Gasteiger partial charge in [-0.15, -0.1) is 0 Å². The van der Waals surface area contributed by atoms with Crippen LogP contribution in [0, 0.1) is 0 Å². The predicted molar refractivity (Wildman–Crippen MR) is 96.2 cm³/mol. The van der Waals surface area contributed by atoms with Crippen molar-refractivity contribution in [3.8, 4) is 0 Å². The van der Waals surface area contributed by atoms with Crippen LogP contribution in [-0.2, 0) is 4.84 Å². The Balaban J connectivity index is 1.99. The van der Waals surface area contributed by atoms with E-state index < -0.39 is 0 Å². The van der Waals surface area contributed by atoms with Gasteiger partial charge in [0.2, 0.25) is 0 Å². The zero-order valence-corrected chi connectivity index (χ0v) is 14.3. The van der Waals surface area contributed by atoms with Crippen molar-refractivity contribution in [3.63, 3.8) is 0 Å². The first kappa shape index (κ1) is 17.7. The SMILES string of the molecule is CO/N=C/c1ccc(C(=O)NCC(c2ccccc2)N(C)C)cc1. The van der Waals surface area contributed by atoms with Crippen LogP contribution < -0.4 is 5.32 Å². The van der Waals surface area contributed by atoms with E-state index in [1.54, 1.807) is 18.3 Å². The van der Waals surface area contributed by atoms with E-state index in [0.717, 1.165) is 5.56 Å². The molecular formula is C19H23N3O2. The Morgan fingerprint density at radius 2 is 1.83 bits per heavy atom. The van der Waals surface area contributed by atoms with Gasteiger partial charge < -0.3 is 15.1 Å². The maximum atomic E-state index is 12.3. The summed E-state index contributed by atoms with van der Waals surface area (Å²) in [5, 5.41) is 6.70. The fraction of sp³-hybridized carbons (Fsp3) is 0.263. The summed E-state index contributed by atoms with van der Waals surface area (Å²) in [7, 11) is 5.51. The van der Waals surface area contributed by atoms with Gasteiger partial charge in [-0.2, -0.15) is 0 Å². The maximum Gasteiger partial charge on any atom is 0.251 e. The molecule has 126 valence electrons. The first-order valence-corrected chi connectivity index (χ1v) is 7.78. The molecular weight excluding hydrogens is 302 g/mol. The smallest absolute Gasteiger partial charge is 0.251 e. The second-order valence-corrected chi connectivity index (χ2v) is 5.64. The monoisotopic (exact) mass is 325 g/mol. The highest BCUT2D eigenvalue weighted by molar-refractivity contribution is 5.95. The van der Waals surface area contributed by atoms with E-state index in [0.29, 0.717) is 12.1 Å². The maximum absolute atomic E-state index is 12.3. The summed E-state index contributed by atoms with van der Waals surface area (Å²) in [5.74, 6) is -0.0898. The van der Waals surface area contributed by atoms with Crippen LogP contribution in [0.5, 0.6) is 0 Å². The highest BCUT2D eigenvalue weighted by atomic mass is 16.6. The lowest BCUT2D eigenvalue weighted by Crippen LogP contribution is -2.34. The van der Waals surface area contributed by atoms with Crippen molar-refractivity contribution >= 4 is 12.1 Å². The van der Waals surface area contributed by atoms with Crippen molar-refractivity contribution in [2.75, 3.05) is 27.7 Å². The van der Waals surface area contributed by atoms with E-state index in [4.69, 9.17) is 0 Å². The molecule has 5 nitrogen and oxygen atoms in total. The summed E-state index contributed by atoms with van der Waals surface area (Å²) in [6.07, 6.45) is 1.60. The molecule has 0 saturated heterocycles. The first-order valence-electron chi connectivity index (χ1n) is 7.78. The van der Waals surface area contributed by atoms with E-state index in [9.17, 15) is 4.79 Å². The first-order chi connectivity index (χ1) is 11.6. The van der Waals surface area contributed by atoms with E-state index in [1.165, 1.54) is 12.7 Å². The van der Waals surface area contributed by atoms with Gasteiger partial charge in [0.25, 0.3) is 5.91 Å². The van der Waals surface area contributed by atoms with Gasteiger partial charge in [0.15, 0.2) is 0 Å². The lowest BCUT2D eigenvalue weighted by molar-refractivity contribution is 0.0942. The normalized spacial score (nSPS) is 12.3. The molecule has 2 rings (SSSR count). The Morgan fingerprint density at radius 3 is 2.42 bits per heavy atom. The van der Waals surface area contributed by atoms with Gasteiger partial charge in [-0.05, 0) is 37.4 Å². The Morgan fingerprint density at radius 1 is 1.17 bits per heavy atom. The number of rotatable bonds is 7. The second-order valence-electron chi connectivity index (χ2n) is 5.64. The van der Waals surface area contributed by atoms with Crippen molar-refractivity contribution < 1.29 is 9.63 Å². The lowest BCUT2D eigenvalue weighted by Gasteiger charge is -2.25. The number of amides is 1. The highest BCUT2D eigenvalue weighted by Gasteiger charge is 2.15. The topological polar surface area (TPSA) is 53.9 Å². The van der Waals surface area contributed by atoms with E-state index in [1.807, 2.05) is 44.4 Å². The number of nitrogens with one attached hydrogen (secondary N) is 1. The molecule has 0 radical (unpaired) electrons. The minimum absolute atomic E-state index is 0.0898. The van der Waals surface area contributed by atoms with Crippen molar-refractivity contribution in [1.82, 2.24) is 10.2 Å². The third-order valence-corrected chi connectivity index (χ3v) is 3.74. The van der Waals surface area contributed by atoms with Gasteiger partial charge >= 0.3 is 0 Å². The molecule has 2 aromatic carbocycles. The molecule has 0 aliphatic heterocycles.